The normalized spacial score (nSPS) is 18.3. The fourth-order valence-corrected chi connectivity index (χ4v) is 3.73. The number of nitrogens with one attached hydrogen (secondary N) is 1. The molecule has 0 radical (unpaired) electrons. The highest BCUT2D eigenvalue weighted by Crippen LogP contribution is 2.30. The summed E-state index contributed by atoms with van der Waals surface area (Å²) in [6.07, 6.45) is 3.65. The van der Waals surface area contributed by atoms with Crippen molar-refractivity contribution in [1.82, 2.24) is 5.32 Å². The molecule has 1 aliphatic carbocycles. The van der Waals surface area contributed by atoms with E-state index in [2.05, 4.69) is 11.4 Å². The molecule has 1 aromatic heterocycles. The molecule has 110 valence electrons. The maximum atomic E-state index is 12.6. The molecular weight excluding hydrogens is 280 g/mol. The number of hydrogen-bond donors (Lipinski definition) is 2. The minimum absolute atomic E-state index is 0.0257. The molecule has 1 aliphatic rings. The minimum Gasteiger partial charge on any atom is -0.343 e. The maximum Gasteiger partial charge on any atom is 0.240 e. The van der Waals surface area contributed by atoms with Crippen molar-refractivity contribution in [3.63, 3.8) is 0 Å². The number of nitrogens with two attached hydrogens (primary N) is 1. The average molecular weight is 300 g/mol. The van der Waals surface area contributed by atoms with Gasteiger partial charge in [0.05, 0.1) is 11.6 Å². The van der Waals surface area contributed by atoms with Gasteiger partial charge in [-0.15, -0.1) is 11.3 Å². The van der Waals surface area contributed by atoms with Gasteiger partial charge in [-0.1, -0.05) is 49.2 Å². The highest BCUT2D eigenvalue weighted by Gasteiger charge is 2.38. The van der Waals surface area contributed by atoms with Gasteiger partial charge in [0, 0.05) is 4.88 Å². The second-order valence-electron chi connectivity index (χ2n) is 5.70. The first-order valence-electron chi connectivity index (χ1n) is 7.37. The van der Waals surface area contributed by atoms with Gasteiger partial charge in [-0.25, -0.2) is 0 Å². The molecule has 1 heterocycles. The summed E-state index contributed by atoms with van der Waals surface area (Å²) in [7, 11) is 0. The van der Waals surface area contributed by atoms with E-state index in [1.54, 1.807) is 11.3 Å². The van der Waals surface area contributed by atoms with Crippen LogP contribution in [0.25, 0.3) is 0 Å². The van der Waals surface area contributed by atoms with E-state index in [1.807, 2.05) is 41.8 Å². The Morgan fingerprint density at radius 3 is 2.48 bits per heavy atom. The van der Waals surface area contributed by atoms with Crippen molar-refractivity contribution in [3.8, 4) is 0 Å². The van der Waals surface area contributed by atoms with Gasteiger partial charge < -0.3 is 11.1 Å². The van der Waals surface area contributed by atoms with E-state index in [0.717, 1.165) is 36.1 Å². The van der Waals surface area contributed by atoms with Crippen LogP contribution in [0.3, 0.4) is 0 Å². The Balaban J connectivity index is 1.85. The van der Waals surface area contributed by atoms with Crippen LogP contribution in [0, 0.1) is 0 Å². The zero-order valence-electron chi connectivity index (χ0n) is 11.9. The summed E-state index contributed by atoms with van der Waals surface area (Å²) in [5, 5.41) is 5.20. The van der Waals surface area contributed by atoms with Crippen LogP contribution < -0.4 is 11.1 Å². The van der Waals surface area contributed by atoms with Crippen molar-refractivity contribution >= 4 is 17.2 Å². The summed E-state index contributed by atoms with van der Waals surface area (Å²) < 4.78 is 0. The van der Waals surface area contributed by atoms with Gasteiger partial charge in [-0.3, -0.25) is 4.79 Å². The Labute approximate surface area is 129 Å². The molecule has 4 heteroatoms. The van der Waals surface area contributed by atoms with Gasteiger partial charge in [0.1, 0.15) is 0 Å². The summed E-state index contributed by atoms with van der Waals surface area (Å²) in [6.45, 7) is 0. The van der Waals surface area contributed by atoms with Gasteiger partial charge in [-0.05, 0) is 29.9 Å². The molecule has 1 aromatic carbocycles. The topological polar surface area (TPSA) is 55.1 Å². The molecule has 1 saturated carbocycles. The van der Waals surface area contributed by atoms with Crippen LogP contribution in [-0.4, -0.2) is 11.4 Å². The molecule has 0 bridgehead atoms. The minimum atomic E-state index is -0.690. The Morgan fingerprint density at radius 2 is 1.86 bits per heavy atom. The fourth-order valence-electron chi connectivity index (χ4n) is 2.93. The van der Waals surface area contributed by atoms with E-state index in [4.69, 9.17) is 5.73 Å². The van der Waals surface area contributed by atoms with Crippen molar-refractivity contribution in [2.75, 3.05) is 0 Å². The smallest absolute Gasteiger partial charge is 0.240 e. The quantitative estimate of drug-likeness (QED) is 0.911. The number of thiophene rings is 1. The predicted octanol–water partition coefficient (Wildman–Crippen LogP) is 3.23. The monoisotopic (exact) mass is 300 g/mol. The van der Waals surface area contributed by atoms with Crippen molar-refractivity contribution in [1.29, 1.82) is 0 Å². The van der Waals surface area contributed by atoms with Crippen LogP contribution >= 0.6 is 11.3 Å². The molecule has 1 unspecified atom stereocenters. The first kappa shape index (κ1) is 14.3. The second-order valence-corrected chi connectivity index (χ2v) is 6.68. The highest BCUT2D eigenvalue weighted by atomic mass is 32.1. The number of benzene rings is 1. The van der Waals surface area contributed by atoms with E-state index in [1.165, 1.54) is 0 Å². The van der Waals surface area contributed by atoms with E-state index < -0.39 is 5.54 Å². The zero-order valence-corrected chi connectivity index (χ0v) is 12.7. The number of amides is 1. The van der Waals surface area contributed by atoms with Crippen molar-refractivity contribution < 1.29 is 4.79 Å². The molecule has 3 rings (SSSR count). The van der Waals surface area contributed by atoms with Crippen LogP contribution in [-0.2, 0) is 4.79 Å². The van der Waals surface area contributed by atoms with Gasteiger partial charge in [-0.2, -0.15) is 0 Å². The largest absolute Gasteiger partial charge is 0.343 e. The van der Waals surface area contributed by atoms with E-state index in [0.29, 0.717) is 0 Å². The Hall–Kier alpha value is -1.65. The summed E-state index contributed by atoms with van der Waals surface area (Å²) in [5.41, 5.74) is 6.68. The van der Waals surface area contributed by atoms with Crippen molar-refractivity contribution in [2.45, 2.75) is 37.3 Å². The van der Waals surface area contributed by atoms with Gasteiger partial charge >= 0.3 is 0 Å². The molecule has 1 amide bonds. The standard InChI is InChI=1S/C17H20N2OS/c18-17(10-4-5-11-17)16(20)19-15(14-9-6-12-21-14)13-7-2-1-3-8-13/h1-3,6-9,12,15H,4-5,10-11,18H2,(H,19,20). The molecule has 0 saturated heterocycles. The van der Waals surface area contributed by atoms with E-state index in [-0.39, 0.29) is 11.9 Å². The Bertz CT molecular complexity index is 589. The van der Waals surface area contributed by atoms with Crippen molar-refractivity contribution in [3.05, 3.63) is 58.3 Å². The van der Waals surface area contributed by atoms with E-state index >= 15 is 0 Å². The van der Waals surface area contributed by atoms with Gasteiger partial charge in [0.25, 0.3) is 0 Å². The first-order chi connectivity index (χ1) is 10.2. The predicted molar refractivity (Wildman–Crippen MR) is 86.1 cm³/mol. The SMILES string of the molecule is NC1(C(=O)NC(c2ccccc2)c2cccs2)CCCC1. The lowest BCUT2D eigenvalue weighted by Crippen LogP contribution is -2.52. The van der Waals surface area contributed by atoms with Gasteiger partial charge in [0.15, 0.2) is 0 Å². The highest BCUT2D eigenvalue weighted by molar-refractivity contribution is 7.10. The summed E-state index contributed by atoms with van der Waals surface area (Å²) >= 11 is 1.65. The average Bonchev–Trinajstić information content (AvgIpc) is 3.17. The fraction of sp³-hybridized carbons (Fsp3) is 0.353. The Kier molecular flexibility index (Phi) is 4.08. The molecule has 0 spiro atoms. The van der Waals surface area contributed by atoms with Gasteiger partial charge in [0.2, 0.25) is 5.91 Å². The number of rotatable bonds is 4. The lowest BCUT2D eigenvalue weighted by Gasteiger charge is -2.26. The van der Waals surface area contributed by atoms with Crippen LogP contribution in [0.1, 0.15) is 42.2 Å². The molecule has 1 fully saturated rings. The number of hydrogen-bond acceptors (Lipinski definition) is 3. The molecule has 3 nitrogen and oxygen atoms in total. The lowest BCUT2D eigenvalue weighted by molar-refractivity contribution is -0.126. The van der Waals surface area contributed by atoms with Crippen LogP contribution in [0.2, 0.25) is 0 Å². The summed E-state index contributed by atoms with van der Waals surface area (Å²) in [4.78, 5) is 13.7. The maximum absolute atomic E-state index is 12.6. The molecule has 3 N–H and O–H groups in total. The third-order valence-corrected chi connectivity index (χ3v) is 5.12. The number of carbonyl (C=O) groups excluding carboxylic acids is 1. The van der Waals surface area contributed by atoms with Crippen molar-refractivity contribution in [2.24, 2.45) is 5.73 Å². The van der Waals surface area contributed by atoms with Crippen LogP contribution in [0.5, 0.6) is 0 Å². The third kappa shape index (κ3) is 3.01. The van der Waals surface area contributed by atoms with Crippen LogP contribution in [0.15, 0.2) is 47.8 Å². The molecule has 1 atom stereocenters. The van der Waals surface area contributed by atoms with E-state index in [9.17, 15) is 4.79 Å². The zero-order chi connectivity index (χ0) is 14.7. The lowest BCUT2D eigenvalue weighted by atomic mass is 9.96. The molecule has 2 aromatic rings. The molecule has 21 heavy (non-hydrogen) atoms. The third-order valence-electron chi connectivity index (χ3n) is 4.18. The Morgan fingerprint density at radius 1 is 1.14 bits per heavy atom. The molecule has 0 aliphatic heterocycles. The first-order valence-corrected chi connectivity index (χ1v) is 8.25. The molecular formula is C17H20N2OS. The second kappa shape index (κ2) is 6.00. The summed E-state index contributed by atoms with van der Waals surface area (Å²) in [6, 6.07) is 14.0. The summed E-state index contributed by atoms with van der Waals surface area (Å²) in [5.74, 6) is -0.0257. The van der Waals surface area contributed by atoms with Crippen LogP contribution in [0.4, 0.5) is 0 Å². The number of carbonyl (C=O) groups is 1.